The minimum absolute atomic E-state index is 0.174. The number of aromatic nitrogens is 2. The Morgan fingerprint density at radius 1 is 1.30 bits per heavy atom. The molecule has 0 radical (unpaired) electrons. The zero-order chi connectivity index (χ0) is 22.1. The van der Waals surface area contributed by atoms with Gasteiger partial charge in [0.2, 0.25) is 0 Å². The third kappa shape index (κ3) is 4.00. The number of imidazole rings is 1. The molecule has 3 rings (SSSR count). The van der Waals surface area contributed by atoms with E-state index in [1.807, 2.05) is 4.90 Å². The number of anilines is 1. The molecule has 0 bridgehead atoms. The standard InChI is InChI=1S/C22H27N3O5/c1-6-11-30-22(4)7-9-24(10-8-22)20-18(19(27)21(28)29-5)14(2)12-17-23-16(15(3)26)13-25(17)20/h6,12-13H,1,7-11H2,2-5H3. The van der Waals surface area contributed by atoms with Crippen LogP contribution in [0.5, 0.6) is 0 Å². The molecule has 0 unspecified atom stereocenters. The highest BCUT2D eigenvalue weighted by molar-refractivity contribution is 6.42. The molecule has 30 heavy (non-hydrogen) atoms. The molecule has 8 nitrogen and oxygen atoms in total. The summed E-state index contributed by atoms with van der Waals surface area (Å²) in [6.07, 6.45) is 4.80. The molecule has 8 heteroatoms. The number of piperidine rings is 1. The van der Waals surface area contributed by atoms with Crippen LogP contribution < -0.4 is 4.90 Å². The van der Waals surface area contributed by atoms with Gasteiger partial charge in [-0.1, -0.05) is 6.08 Å². The molecule has 0 aliphatic carbocycles. The number of pyridine rings is 1. The molecular weight excluding hydrogens is 386 g/mol. The Hall–Kier alpha value is -3.00. The maximum atomic E-state index is 12.9. The van der Waals surface area contributed by atoms with Crippen molar-refractivity contribution in [2.45, 2.75) is 39.2 Å². The number of ketones is 2. The van der Waals surface area contributed by atoms with Crippen molar-refractivity contribution in [2.24, 2.45) is 0 Å². The average Bonchev–Trinajstić information content (AvgIpc) is 3.15. The van der Waals surface area contributed by atoms with Crippen molar-refractivity contribution in [3.05, 3.63) is 41.7 Å². The topological polar surface area (TPSA) is 90.2 Å². The first-order chi connectivity index (χ1) is 14.2. The molecule has 0 spiro atoms. The zero-order valence-corrected chi connectivity index (χ0v) is 17.9. The van der Waals surface area contributed by atoms with Crippen molar-refractivity contribution >= 4 is 29.0 Å². The second kappa shape index (κ2) is 8.39. The molecule has 0 N–H and O–H groups in total. The van der Waals surface area contributed by atoms with Crippen molar-refractivity contribution in [3.63, 3.8) is 0 Å². The molecule has 0 saturated carbocycles. The average molecular weight is 413 g/mol. The van der Waals surface area contributed by atoms with Gasteiger partial charge in [0.05, 0.1) is 24.9 Å². The van der Waals surface area contributed by atoms with Crippen LogP contribution in [0.4, 0.5) is 5.82 Å². The van der Waals surface area contributed by atoms with Crippen molar-refractivity contribution in [1.82, 2.24) is 9.38 Å². The van der Waals surface area contributed by atoms with E-state index in [9.17, 15) is 14.4 Å². The van der Waals surface area contributed by atoms with E-state index in [2.05, 4.69) is 23.2 Å². The summed E-state index contributed by atoms with van der Waals surface area (Å²) in [5.74, 6) is -1.28. The predicted octanol–water partition coefficient (Wildman–Crippen LogP) is 2.76. The smallest absolute Gasteiger partial charge is 0.379 e. The first kappa shape index (κ1) is 21.7. The lowest BCUT2D eigenvalue weighted by atomic mass is 9.92. The Morgan fingerprint density at radius 3 is 2.53 bits per heavy atom. The number of nitrogens with zero attached hydrogens (tertiary/aromatic N) is 3. The van der Waals surface area contributed by atoms with E-state index in [1.54, 1.807) is 29.7 Å². The van der Waals surface area contributed by atoms with Crippen molar-refractivity contribution < 1.29 is 23.9 Å². The van der Waals surface area contributed by atoms with Crippen LogP contribution >= 0.6 is 0 Å². The molecule has 1 fully saturated rings. The second-order valence-electron chi connectivity index (χ2n) is 7.79. The number of rotatable bonds is 7. The zero-order valence-electron chi connectivity index (χ0n) is 17.9. The van der Waals surface area contributed by atoms with Gasteiger partial charge in [0.1, 0.15) is 17.2 Å². The molecule has 3 heterocycles. The fraction of sp³-hybridized carbons (Fsp3) is 0.455. The maximum Gasteiger partial charge on any atom is 0.379 e. The van der Waals surface area contributed by atoms with Crippen molar-refractivity contribution in [3.8, 4) is 0 Å². The summed E-state index contributed by atoms with van der Waals surface area (Å²) in [5.41, 5.74) is 1.42. The third-order valence-corrected chi connectivity index (χ3v) is 5.55. The molecule has 0 atom stereocenters. The van der Waals surface area contributed by atoms with Crippen LogP contribution in [0.3, 0.4) is 0 Å². The van der Waals surface area contributed by atoms with Gasteiger partial charge < -0.3 is 14.4 Å². The molecule has 160 valence electrons. The highest BCUT2D eigenvalue weighted by Crippen LogP contribution is 2.33. The number of methoxy groups -OCH3 is 1. The second-order valence-corrected chi connectivity index (χ2v) is 7.79. The lowest BCUT2D eigenvalue weighted by molar-refractivity contribution is -0.135. The van der Waals surface area contributed by atoms with Gasteiger partial charge in [-0.05, 0) is 38.3 Å². The van der Waals surface area contributed by atoms with E-state index in [0.29, 0.717) is 42.4 Å². The van der Waals surface area contributed by atoms with E-state index in [-0.39, 0.29) is 16.9 Å². The number of Topliss-reactive ketones (excluding diaryl/α,β-unsaturated/α-hetero) is 2. The number of carbonyl (C=O) groups excluding carboxylic acids is 3. The summed E-state index contributed by atoms with van der Waals surface area (Å²) in [7, 11) is 1.18. The normalized spacial score (nSPS) is 15.8. The molecule has 1 saturated heterocycles. The largest absolute Gasteiger partial charge is 0.463 e. The van der Waals surface area contributed by atoms with Crippen molar-refractivity contribution in [1.29, 1.82) is 0 Å². The lowest BCUT2D eigenvalue weighted by Gasteiger charge is -2.40. The lowest BCUT2D eigenvalue weighted by Crippen LogP contribution is -2.45. The van der Waals surface area contributed by atoms with Gasteiger partial charge in [-0.2, -0.15) is 0 Å². The number of aryl methyl sites for hydroxylation is 1. The Bertz CT molecular complexity index is 1020. The van der Waals surface area contributed by atoms with E-state index < -0.39 is 11.8 Å². The van der Waals surface area contributed by atoms with E-state index in [1.165, 1.54) is 14.0 Å². The van der Waals surface area contributed by atoms with Crippen molar-refractivity contribution in [2.75, 3.05) is 31.7 Å². The predicted molar refractivity (Wildman–Crippen MR) is 112 cm³/mol. The highest BCUT2D eigenvalue weighted by atomic mass is 16.5. The summed E-state index contributed by atoms with van der Waals surface area (Å²) in [4.78, 5) is 43.3. The summed E-state index contributed by atoms with van der Waals surface area (Å²) >= 11 is 0. The first-order valence-corrected chi connectivity index (χ1v) is 9.87. The molecule has 2 aromatic rings. The third-order valence-electron chi connectivity index (χ3n) is 5.55. The Balaban J connectivity index is 2.10. The van der Waals surface area contributed by atoms with Crippen LogP contribution in [0, 0.1) is 6.92 Å². The maximum absolute atomic E-state index is 12.9. The quantitative estimate of drug-likeness (QED) is 0.298. The van der Waals surface area contributed by atoms with Gasteiger partial charge in [-0.15, -0.1) is 6.58 Å². The highest BCUT2D eigenvalue weighted by Gasteiger charge is 2.35. The van der Waals surface area contributed by atoms with Crippen LogP contribution in [-0.2, 0) is 14.3 Å². The summed E-state index contributed by atoms with van der Waals surface area (Å²) in [5, 5.41) is 0. The SMILES string of the molecule is C=CCOC1(C)CCN(c2c(C(=O)C(=O)OC)c(C)cc3nc(C(C)=O)cn23)CC1. The fourth-order valence-corrected chi connectivity index (χ4v) is 3.78. The summed E-state index contributed by atoms with van der Waals surface area (Å²) in [6.45, 7) is 10.7. The van der Waals surface area contributed by atoms with Crippen LogP contribution in [0.25, 0.3) is 5.65 Å². The number of hydrogen-bond acceptors (Lipinski definition) is 7. The summed E-state index contributed by atoms with van der Waals surface area (Å²) < 4.78 is 12.3. The molecule has 1 aliphatic rings. The van der Waals surface area contributed by atoms with Crippen LogP contribution in [0.1, 0.15) is 53.1 Å². The van der Waals surface area contributed by atoms with Gasteiger partial charge in [0.25, 0.3) is 5.78 Å². The molecule has 0 amide bonds. The number of carbonyl (C=O) groups is 3. The Kier molecular flexibility index (Phi) is 6.07. The molecule has 2 aromatic heterocycles. The number of esters is 1. The van der Waals surface area contributed by atoms with Gasteiger partial charge >= 0.3 is 5.97 Å². The monoisotopic (exact) mass is 413 g/mol. The minimum atomic E-state index is -0.929. The number of hydrogen-bond donors (Lipinski definition) is 0. The summed E-state index contributed by atoms with van der Waals surface area (Å²) in [6, 6.07) is 1.70. The van der Waals surface area contributed by atoms with Crippen LogP contribution in [-0.4, -0.2) is 59.3 Å². The van der Waals surface area contributed by atoms with Gasteiger partial charge in [0.15, 0.2) is 5.78 Å². The molecule has 1 aliphatic heterocycles. The number of fused-ring (bicyclic) bond motifs is 1. The van der Waals surface area contributed by atoms with E-state index in [4.69, 9.17) is 4.74 Å². The van der Waals surface area contributed by atoms with Crippen LogP contribution in [0.2, 0.25) is 0 Å². The van der Waals surface area contributed by atoms with Gasteiger partial charge in [-0.3, -0.25) is 14.0 Å². The van der Waals surface area contributed by atoms with E-state index in [0.717, 1.165) is 12.8 Å². The Morgan fingerprint density at radius 2 is 1.97 bits per heavy atom. The van der Waals surface area contributed by atoms with Crippen LogP contribution in [0.15, 0.2) is 24.9 Å². The first-order valence-electron chi connectivity index (χ1n) is 9.87. The number of ether oxygens (including phenoxy) is 2. The Labute approximate surface area is 175 Å². The molecule has 0 aromatic carbocycles. The minimum Gasteiger partial charge on any atom is -0.463 e. The van der Waals surface area contributed by atoms with E-state index >= 15 is 0 Å². The van der Waals surface area contributed by atoms with Gasteiger partial charge in [-0.25, -0.2) is 9.78 Å². The van der Waals surface area contributed by atoms with Gasteiger partial charge in [0, 0.05) is 26.2 Å². The fourth-order valence-electron chi connectivity index (χ4n) is 3.78. The molecular formula is C22H27N3O5.